The van der Waals surface area contributed by atoms with Crippen LogP contribution in [0.3, 0.4) is 0 Å². The molecule has 9 heteroatoms. The summed E-state index contributed by atoms with van der Waals surface area (Å²) >= 11 is 3.43. The number of hydrogen-bond acceptors (Lipinski definition) is 5. The average molecular weight is 450 g/mol. The monoisotopic (exact) mass is 449 g/mol. The van der Waals surface area contributed by atoms with Gasteiger partial charge in [-0.2, -0.15) is 0 Å². The number of ether oxygens (including phenoxy) is 1. The van der Waals surface area contributed by atoms with Gasteiger partial charge in [0.25, 0.3) is 10.0 Å². The highest BCUT2D eigenvalue weighted by atomic mass is 79.9. The number of rotatable bonds is 3. The second kappa shape index (κ2) is 6.97. The summed E-state index contributed by atoms with van der Waals surface area (Å²) in [7, 11) is -3.61. The standard InChI is InChI=1S/C18H16BrN3O4S/c19-11-5-6-15-13(9-11)14(7-8-26-15)21-17(23)10-20-18-12-3-1-2-4-16(12)27(24,25)22-18/h1-6,9,14H,7-8,10H2,(H,20,22)(H,21,23). The van der Waals surface area contributed by atoms with E-state index in [0.717, 1.165) is 15.8 Å². The number of nitrogens with zero attached hydrogens (tertiary/aromatic N) is 1. The number of halogens is 1. The number of hydrogen-bond donors (Lipinski definition) is 2. The van der Waals surface area contributed by atoms with Crippen LogP contribution in [-0.4, -0.2) is 33.3 Å². The molecular formula is C18H16BrN3O4S. The smallest absolute Gasteiger partial charge is 0.263 e. The third-order valence-electron chi connectivity index (χ3n) is 4.39. The molecule has 0 radical (unpaired) electrons. The van der Waals surface area contributed by atoms with Gasteiger partial charge in [-0.15, -0.1) is 0 Å². The van der Waals surface area contributed by atoms with Gasteiger partial charge in [0.2, 0.25) is 5.91 Å². The molecule has 140 valence electrons. The first-order chi connectivity index (χ1) is 12.9. The molecule has 2 aromatic rings. The van der Waals surface area contributed by atoms with Crippen LogP contribution in [-0.2, 0) is 14.8 Å². The maximum atomic E-state index is 12.4. The number of amidine groups is 1. The number of aliphatic imine (C=N–C) groups is 1. The van der Waals surface area contributed by atoms with Gasteiger partial charge in [-0.25, -0.2) is 8.42 Å². The first-order valence-electron chi connectivity index (χ1n) is 8.32. The average Bonchev–Trinajstić information content (AvgIpc) is 2.91. The summed E-state index contributed by atoms with van der Waals surface area (Å²) in [5.74, 6) is 0.651. The van der Waals surface area contributed by atoms with E-state index in [1.165, 1.54) is 6.07 Å². The third kappa shape index (κ3) is 3.57. The van der Waals surface area contributed by atoms with Gasteiger partial charge < -0.3 is 10.1 Å². The third-order valence-corrected chi connectivity index (χ3v) is 6.28. The molecule has 0 saturated carbocycles. The van der Waals surface area contributed by atoms with Crippen LogP contribution >= 0.6 is 15.9 Å². The number of sulfonamides is 1. The van der Waals surface area contributed by atoms with E-state index in [1.807, 2.05) is 18.2 Å². The van der Waals surface area contributed by atoms with Crippen LogP contribution in [0.5, 0.6) is 5.75 Å². The van der Waals surface area contributed by atoms with E-state index in [2.05, 4.69) is 31.0 Å². The van der Waals surface area contributed by atoms with Crippen molar-refractivity contribution in [3.63, 3.8) is 0 Å². The molecule has 7 nitrogen and oxygen atoms in total. The predicted octanol–water partition coefficient (Wildman–Crippen LogP) is 2.13. The summed E-state index contributed by atoms with van der Waals surface area (Å²) in [4.78, 5) is 16.7. The number of amides is 1. The fraction of sp³-hybridized carbons (Fsp3) is 0.222. The highest BCUT2D eigenvalue weighted by molar-refractivity contribution is 9.10. The summed E-state index contributed by atoms with van der Waals surface area (Å²) in [5.41, 5.74) is 1.38. The van der Waals surface area contributed by atoms with Crippen molar-refractivity contribution in [1.82, 2.24) is 10.0 Å². The van der Waals surface area contributed by atoms with Crippen molar-refractivity contribution in [2.45, 2.75) is 17.4 Å². The van der Waals surface area contributed by atoms with Crippen molar-refractivity contribution in [1.29, 1.82) is 0 Å². The van der Waals surface area contributed by atoms with Gasteiger partial charge in [-0.1, -0.05) is 28.1 Å². The normalized spacial score (nSPS) is 20.9. The second-order valence-electron chi connectivity index (χ2n) is 6.21. The number of fused-ring (bicyclic) bond motifs is 2. The van der Waals surface area contributed by atoms with Crippen LogP contribution in [0, 0.1) is 0 Å². The number of carbonyl (C=O) groups is 1. The summed E-state index contributed by atoms with van der Waals surface area (Å²) in [6.07, 6.45) is 0.654. The Morgan fingerprint density at radius 3 is 2.96 bits per heavy atom. The Kier molecular flexibility index (Phi) is 4.65. The molecule has 2 aromatic carbocycles. The van der Waals surface area contributed by atoms with Crippen LogP contribution in [0.25, 0.3) is 0 Å². The molecule has 0 fully saturated rings. The molecular weight excluding hydrogens is 434 g/mol. The van der Waals surface area contributed by atoms with Gasteiger partial charge in [-0.3, -0.25) is 14.5 Å². The quantitative estimate of drug-likeness (QED) is 0.749. The molecule has 0 aliphatic carbocycles. The minimum Gasteiger partial charge on any atom is -0.493 e. The van der Waals surface area contributed by atoms with E-state index in [9.17, 15) is 13.2 Å². The van der Waals surface area contributed by atoms with E-state index < -0.39 is 10.0 Å². The molecule has 27 heavy (non-hydrogen) atoms. The molecule has 2 heterocycles. The molecule has 1 amide bonds. The lowest BCUT2D eigenvalue weighted by Gasteiger charge is -2.26. The lowest BCUT2D eigenvalue weighted by molar-refractivity contribution is -0.120. The van der Waals surface area contributed by atoms with E-state index in [-0.39, 0.29) is 29.2 Å². The van der Waals surface area contributed by atoms with E-state index in [4.69, 9.17) is 4.74 Å². The van der Waals surface area contributed by atoms with Gasteiger partial charge in [0.05, 0.1) is 17.5 Å². The highest BCUT2D eigenvalue weighted by Gasteiger charge is 2.30. The Hall–Kier alpha value is -2.39. The lowest BCUT2D eigenvalue weighted by Crippen LogP contribution is -2.34. The molecule has 2 aliphatic heterocycles. The van der Waals surface area contributed by atoms with Crippen molar-refractivity contribution in [2.24, 2.45) is 4.99 Å². The van der Waals surface area contributed by atoms with Crippen molar-refractivity contribution in [3.05, 3.63) is 58.1 Å². The Morgan fingerprint density at radius 2 is 2.11 bits per heavy atom. The molecule has 1 atom stereocenters. The Morgan fingerprint density at radius 1 is 1.30 bits per heavy atom. The van der Waals surface area contributed by atoms with Crippen molar-refractivity contribution in [2.75, 3.05) is 13.2 Å². The highest BCUT2D eigenvalue weighted by Crippen LogP contribution is 2.34. The van der Waals surface area contributed by atoms with Crippen molar-refractivity contribution < 1.29 is 17.9 Å². The molecule has 0 spiro atoms. The SMILES string of the molecule is O=C(CN=C1NS(=O)(=O)c2ccccc21)NC1CCOc2ccc(Br)cc21. The van der Waals surface area contributed by atoms with E-state index in [1.54, 1.807) is 18.2 Å². The van der Waals surface area contributed by atoms with Gasteiger partial charge in [0.15, 0.2) is 0 Å². The fourth-order valence-corrected chi connectivity index (χ4v) is 4.79. The number of benzene rings is 2. The Bertz CT molecular complexity index is 1050. The van der Waals surface area contributed by atoms with Gasteiger partial charge in [0, 0.05) is 22.0 Å². The molecule has 2 aliphatic rings. The summed E-state index contributed by atoms with van der Waals surface area (Å²) < 4.78 is 33.1. The molecule has 0 aromatic heterocycles. The first kappa shape index (κ1) is 18.0. The Balaban J connectivity index is 1.49. The summed E-state index contributed by atoms with van der Waals surface area (Å²) in [6.45, 7) is 0.341. The zero-order chi connectivity index (χ0) is 19.0. The van der Waals surface area contributed by atoms with Crippen LogP contribution in [0.2, 0.25) is 0 Å². The zero-order valence-electron chi connectivity index (χ0n) is 14.1. The van der Waals surface area contributed by atoms with E-state index >= 15 is 0 Å². The van der Waals surface area contributed by atoms with Gasteiger partial charge in [-0.05, 0) is 30.3 Å². The fourth-order valence-electron chi connectivity index (χ4n) is 3.16. The molecule has 1 unspecified atom stereocenters. The minimum absolute atomic E-state index is 0.173. The first-order valence-corrected chi connectivity index (χ1v) is 10.6. The van der Waals surface area contributed by atoms with Crippen LogP contribution in [0.1, 0.15) is 23.6 Å². The molecule has 0 bridgehead atoms. The number of nitrogens with one attached hydrogen (secondary N) is 2. The van der Waals surface area contributed by atoms with Crippen molar-refractivity contribution in [3.8, 4) is 5.75 Å². The largest absolute Gasteiger partial charge is 0.493 e. The summed E-state index contributed by atoms with van der Waals surface area (Å²) in [5, 5.41) is 2.95. The van der Waals surface area contributed by atoms with Crippen LogP contribution < -0.4 is 14.8 Å². The maximum Gasteiger partial charge on any atom is 0.263 e. The van der Waals surface area contributed by atoms with Crippen molar-refractivity contribution >= 4 is 37.7 Å². The van der Waals surface area contributed by atoms with Gasteiger partial charge >= 0.3 is 0 Å². The molecule has 4 rings (SSSR count). The maximum absolute atomic E-state index is 12.4. The van der Waals surface area contributed by atoms with E-state index in [0.29, 0.717) is 18.6 Å². The van der Waals surface area contributed by atoms with Crippen LogP contribution in [0.15, 0.2) is 56.8 Å². The topological polar surface area (TPSA) is 96.9 Å². The van der Waals surface area contributed by atoms with Gasteiger partial charge in [0.1, 0.15) is 18.1 Å². The number of carbonyl (C=O) groups excluding carboxylic acids is 1. The zero-order valence-corrected chi connectivity index (χ0v) is 16.5. The minimum atomic E-state index is -3.61. The molecule has 2 N–H and O–H groups in total. The second-order valence-corrected chi connectivity index (χ2v) is 8.77. The van der Waals surface area contributed by atoms with Crippen LogP contribution in [0.4, 0.5) is 0 Å². The Labute approximate surface area is 165 Å². The lowest BCUT2D eigenvalue weighted by atomic mass is 10.0. The predicted molar refractivity (Wildman–Crippen MR) is 103 cm³/mol. The molecule has 0 saturated heterocycles. The summed E-state index contributed by atoms with van der Waals surface area (Å²) in [6, 6.07) is 12.1.